The molecule has 0 aromatic carbocycles. The first-order valence-corrected chi connectivity index (χ1v) is 7.39. The summed E-state index contributed by atoms with van der Waals surface area (Å²) >= 11 is 0. The Bertz CT molecular complexity index is 355. The number of ether oxygens (including phenoxy) is 1. The van der Waals surface area contributed by atoms with E-state index < -0.39 is 6.04 Å². The van der Waals surface area contributed by atoms with Gasteiger partial charge in [0.1, 0.15) is 12.1 Å². The number of nitrogens with zero attached hydrogens (tertiary/aromatic N) is 1. The number of carbonyl (C=O) groups is 2. The Morgan fingerprint density at radius 3 is 2.20 bits per heavy atom. The third kappa shape index (κ3) is 3.72. The first-order chi connectivity index (χ1) is 9.29. The standard InChI is InChI=1S/C15H28N2O3/c1-9(2)12-15(19)17(7-11(5)8-20-6)13(10(3)4)14(18)16-12/h9-13H,7-8H2,1-6H3,(H,16,18). The minimum Gasteiger partial charge on any atom is -0.384 e. The zero-order valence-electron chi connectivity index (χ0n) is 13.5. The third-order valence-corrected chi connectivity index (χ3v) is 3.71. The Hall–Kier alpha value is -1.10. The number of amides is 2. The Morgan fingerprint density at radius 2 is 1.75 bits per heavy atom. The second-order valence-electron chi connectivity index (χ2n) is 6.47. The molecule has 1 aliphatic heterocycles. The summed E-state index contributed by atoms with van der Waals surface area (Å²) in [6.07, 6.45) is 0. The fraction of sp³-hybridized carbons (Fsp3) is 0.867. The van der Waals surface area contributed by atoms with E-state index in [1.54, 1.807) is 12.0 Å². The van der Waals surface area contributed by atoms with Gasteiger partial charge in [0, 0.05) is 13.7 Å². The van der Waals surface area contributed by atoms with Crippen molar-refractivity contribution < 1.29 is 14.3 Å². The summed E-state index contributed by atoms with van der Waals surface area (Å²) in [6, 6.07) is -0.788. The fourth-order valence-electron chi connectivity index (χ4n) is 2.75. The van der Waals surface area contributed by atoms with Crippen molar-refractivity contribution in [3.05, 3.63) is 0 Å². The van der Waals surface area contributed by atoms with Gasteiger partial charge in [-0.15, -0.1) is 0 Å². The van der Waals surface area contributed by atoms with Crippen molar-refractivity contribution >= 4 is 11.8 Å². The molecule has 1 fully saturated rings. The van der Waals surface area contributed by atoms with E-state index >= 15 is 0 Å². The van der Waals surface area contributed by atoms with Crippen molar-refractivity contribution in [2.75, 3.05) is 20.3 Å². The molecule has 116 valence electrons. The first kappa shape index (κ1) is 17.0. The van der Waals surface area contributed by atoms with Gasteiger partial charge in [0.15, 0.2) is 0 Å². The van der Waals surface area contributed by atoms with Crippen molar-refractivity contribution in [3.8, 4) is 0 Å². The number of hydrogen-bond acceptors (Lipinski definition) is 3. The van der Waals surface area contributed by atoms with Crippen LogP contribution in [0.2, 0.25) is 0 Å². The molecule has 3 atom stereocenters. The van der Waals surface area contributed by atoms with E-state index in [1.807, 2.05) is 34.6 Å². The van der Waals surface area contributed by atoms with E-state index in [4.69, 9.17) is 4.74 Å². The topological polar surface area (TPSA) is 58.6 Å². The lowest BCUT2D eigenvalue weighted by molar-refractivity contribution is -0.153. The lowest BCUT2D eigenvalue weighted by Crippen LogP contribution is -2.66. The van der Waals surface area contributed by atoms with Gasteiger partial charge in [0.05, 0.1) is 6.61 Å². The van der Waals surface area contributed by atoms with E-state index in [2.05, 4.69) is 5.32 Å². The first-order valence-electron chi connectivity index (χ1n) is 7.39. The van der Waals surface area contributed by atoms with Gasteiger partial charge in [0.25, 0.3) is 0 Å². The van der Waals surface area contributed by atoms with Crippen LogP contribution in [0, 0.1) is 17.8 Å². The molecule has 3 unspecified atom stereocenters. The van der Waals surface area contributed by atoms with Crippen molar-refractivity contribution in [1.29, 1.82) is 0 Å². The van der Waals surface area contributed by atoms with Gasteiger partial charge >= 0.3 is 0 Å². The van der Waals surface area contributed by atoms with Gasteiger partial charge in [-0.25, -0.2) is 0 Å². The number of piperazine rings is 1. The van der Waals surface area contributed by atoms with E-state index in [0.717, 1.165) is 0 Å². The normalized spacial score (nSPS) is 25.3. The maximum Gasteiger partial charge on any atom is 0.246 e. The lowest BCUT2D eigenvalue weighted by atomic mass is 9.92. The number of hydrogen-bond donors (Lipinski definition) is 1. The molecule has 0 spiro atoms. The minimum atomic E-state index is -0.410. The average molecular weight is 284 g/mol. The molecule has 0 saturated carbocycles. The van der Waals surface area contributed by atoms with Crippen LogP contribution in [0.1, 0.15) is 34.6 Å². The highest BCUT2D eigenvalue weighted by molar-refractivity contribution is 5.97. The van der Waals surface area contributed by atoms with Gasteiger partial charge in [-0.2, -0.15) is 0 Å². The van der Waals surface area contributed by atoms with Crippen LogP contribution in [0.3, 0.4) is 0 Å². The summed E-state index contributed by atoms with van der Waals surface area (Å²) in [4.78, 5) is 26.7. The van der Waals surface area contributed by atoms with Gasteiger partial charge < -0.3 is 15.0 Å². The molecular weight excluding hydrogens is 256 g/mol. The summed E-state index contributed by atoms with van der Waals surface area (Å²) < 4.78 is 5.14. The maximum atomic E-state index is 12.6. The molecule has 2 amide bonds. The predicted octanol–water partition coefficient (Wildman–Crippen LogP) is 1.28. The Labute approximate surface area is 122 Å². The average Bonchev–Trinajstić information content (AvgIpc) is 2.32. The zero-order chi connectivity index (χ0) is 15.4. The Kier molecular flexibility index (Phi) is 5.99. The van der Waals surface area contributed by atoms with Crippen molar-refractivity contribution in [3.63, 3.8) is 0 Å². The van der Waals surface area contributed by atoms with Gasteiger partial charge in [0.2, 0.25) is 11.8 Å². The molecule has 1 rings (SSSR count). The number of carbonyl (C=O) groups excluding carboxylic acids is 2. The van der Waals surface area contributed by atoms with Crippen LogP contribution in [-0.2, 0) is 14.3 Å². The molecule has 1 aliphatic rings. The summed E-state index contributed by atoms with van der Waals surface area (Å²) in [5.41, 5.74) is 0. The van der Waals surface area contributed by atoms with Crippen LogP contribution in [0.25, 0.3) is 0 Å². The van der Waals surface area contributed by atoms with Crippen LogP contribution in [0.4, 0.5) is 0 Å². The van der Waals surface area contributed by atoms with Gasteiger partial charge in [-0.1, -0.05) is 34.6 Å². The molecule has 5 nitrogen and oxygen atoms in total. The second-order valence-corrected chi connectivity index (χ2v) is 6.47. The molecule has 0 aliphatic carbocycles. The summed E-state index contributed by atoms with van der Waals surface area (Å²) in [5, 5.41) is 2.87. The van der Waals surface area contributed by atoms with Crippen LogP contribution < -0.4 is 5.32 Å². The zero-order valence-corrected chi connectivity index (χ0v) is 13.5. The predicted molar refractivity (Wildman–Crippen MR) is 78.1 cm³/mol. The Balaban J connectivity index is 2.95. The van der Waals surface area contributed by atoms with Crippen LogP contribution in [0.15, 0.2) is 0 Å². The summed E-state index contributed by atoms with van der Waals surface area (Å²) in [5.74, 6) is 0.398. The molecule has 1 N–H and O–H groups in total. The molecule has 0 aromatic rings. The van der Waals surface area contributed by atoms with Crippen molar-refractivity contribution in [1.82, 2.24) is 10.2 Å². The molecule has 0 bridgehead atoms. The van der Waals surface area contributed by atoms with Gasteiger partial charge in [-0.3, -0.25) is 9.59 Å². The van der Waals surface area contributed by atoms with Crippen LogP contribution >= 0.6 is 0 Å². The van der Waals surface area contributed by atoms with E-state index in [9.17, 15) is 9.59 Å². The maximum absolute atomic E-state index is 12.6. The molecular formula is C15H28N2O3. The smallest absolute Gasteiger partial charge is 0.246 e. The fourth-order valence-corrected chi connectivity index (χ4v) is 2.75. The summed E-state index contributed by atoms with van der Waals surface area (Å²) in [6.45, 7) is 11.0. The van der Waals surface area contributed by atoms with Gasteiger partial charge in [-0.05, 0) is 17.8 Å². The monoisotopic (exact) mass is 284 g/mol. The number of rotatable bonds is 6. The van der Waals surface area contributed by atoms with E-state index in [1.165, 1.54) is 0 Å². The number of methoxy groups -OCH3 is 1. The minimum absolute atomic E-state index is 0.0289. The molecule has 0 aromatic heterocycles. The highest BCUT2D eigenvalue weighted by Crippen LogP contribution is 2.21. The summed E-state index contributed by atoms with van der Waals surface area (Å²) in [7, 11) is 1.65. The molecule has 1 heterocycles. The highest BCUT2D eigenvalue weighted by atomic mass is 16.5. The molecule has 20 heavy (non-hydrogen) atoms. The van der Waals surface area contributed by atoms with E-state index in [-0.39, 0.29) is 35.6 Å². The van der Waals surface area contributed by atoms with Crippen LogP contribution in [0.5, 0.6) is 0 Å². The van der Waals surface area contributed by atoms with Crippen molar-refractivity contribution in [2.24, 2.45) is 17.8 Å². The Morgan fingerprint density at radius 1 is 1.15 bits per heavy atom. The highest BCUT2D eigenvalue weighted by Gasteiger charge is 2.43. The largest absolute Gasteiger partial charge is 0.384 e. The quantitative estimate of drug-likeness (QED) is 0.799. The molecule has 5 heteroatoms. The SMILES string of the molecule is COCC(C)CN1C(=O)C(C(C)C)NC(=O)C1C(C)C. The lowest BCUT2D eigenvalue weighted by Gasteiger charge is -2.43. The van der Waals surface area contributed by atoms with Crippen molar-refractivity contribution in [2.45, 2.75) is 46.7 Å². The van der Waals surface area contributed by atoms with E-state index in [0.29, 0.717) is 13.2 Å². The molecule has 1 saturated heterocycles. The number of nitrogens with one attached hydrogen (secondary N) is 1. The molecule has 0 radical (unpaired) electrons. The second kappa shape index (κ2) is 7.07. The van der Waals surface area contributed by atoms with Crippen LogP contribution in [-0.4, -0.2) is 49.1 Å². The third-order valence-electron chi connectivity index (χ3n) is 3.71.